The van der Waals surface area contributed by atoms with Gasteiger partial charge in [0.15, 0.2) is 5.82 Å². The number of methoxy groups -OCH3 is 1. The van der Waals surface area contributed by atoms with Crippen molar-refractivity contribution in [3.8, 4) is 5.88 Å². The predicted octanol–water partition coefficient (Wildman–Crippen LogP) is 1.05. The second-order valence-electron chi connectivity index (χ2n) is 4.30. The van der Waals surface area contributed by atoms with Gasteiger partial charge >= 0.3 is 0 Å². The lowest BCUT2D eigenvalue weighted by Gasteiger charge is -2.29. The Labute approximate surface area is 106 Å². The van der Waals surface area contributed by atoms with E-state index in [0.717, 1.165) is 42.9 Å². The van der Waals surface area contributed by atoms with Gasteiger partial charge in [0.05, 0.1) is 7.11 Å². The third kappa shape index (κ3) is 1.97. The largest absolute Gasteiger partial charge is 0.481 e. The lowest BCUT2D eigenvalue weighted by molar-refractivity contribution is 0.398. The topological polar surface area (TPSA) is 50.3 Å². The number of nitrogens with one attached hydrogen (secondary N) is 1. The van der Waals surface area contributed by atoms with Crippen molar-refractivity contribution in [2.75, 3.05) is 38.2 Å². The summed E-state index contributed by atoms with van der Waals surface area (Å²) in [5.41, 5.74) is 0.945. The molecule has 5 heteroatoms. The van der Waals surface area contributed by atoms with Crippen LogP contribution in [-0.2, 0) is 0 Å². The van der Waals surface area contributed by atoms with Crippen molar-refractivity contribution >= 4 is 16.7 Å². The van der Waals surface area contributed by atoms with Gasteiger partial charge in [0.1, 0.15) is 5.52 Å². The molecule has 18 heavy (non-hydrogen) atoms. The summed E-state index contributed by atoms with van der Waals surface area (Å²) in [4.78, 5) is 11.3. The molecular weight excluding hydrogens is 228 g/mol. The zero-order chi connectivity index (χ0) is 12.4. The number of hydrogen-bond acceptors (Lipinski definition) is 5. The van der Waals surface area contributed by atoms with Crippen LogP contribution in [-0.4, -0.2) is 43.3 Å². The normalized spacial score (nSPS) is 15.9. The molecule has 0 amide bonds. The van der Waals surface area contributed by atoms with E-state index in [1.165, 1.54) is 0 Å². The number of piperazine rings is 1. The Bertz CT molecular complexity index is 552. The zero-order valence-electron chi connectivity index (χ0n) is 10.4. The van der Waals surface area contributed by atoms with E-state index >= 15 is 0 Å². The molecule has 1 saturated heterocycles. The van der Waals surface area contributed by atoms with Gasteiger partial charge in [-0.1, -0.05) is 6.07 Å². The average Bonchev–Trinajstić information content (AvgIpc) is 2.47. The van der Waals surface area contributed by atoms with E-state index in [9.17, 15) is 0 Å². The Kier molecular flexibility index (Phi) is 2.98. The fourth-order valence-corrected chi connectivity index (χ4v) is 2.25. The number of fused-ring (bicyclic) bond motifs is 1. The molecule has 0 radical (unpaired) electrons. The molecule has 0 aromatic carbocycles. The van der Waals surface area contributed by atoms with Crippen molar-refractivity contribution in [2.24, 2.45) is 0 Å². The van der Waals surface area contributed by atoms with Gasteiger partial charge in [0.25, 0.3) is 0 Å². The lowest BCUT2D eigenvalue weighted by Crippen LogP contribution is -2.44. The molecule has 0 unspecified atom stereocenters. The Hall–Kier alpha value is -1.88. The number of pyridine rings is 2. The van der Waals surface area contributed by atoms with Gasteiger partial charge in [-0.3, -0.25) is 4.98 Å². The number of rotatable bonds is 2. The molecule has 2 aromatic rings. The van der Waals surface area contributed by atoms with Crippen LogP contribution in [0.5, 0.6) is 5.88 Å². The molecule has 5 nitrogen and oxygen atoms in total. The van der Waals surface area contributed by atoms with Crippen molar-refractivity contribution in [3.05, 3.63) is 24.4 Å². The molecule has 0 atom stereocenters. The monoisotopic (exact) mass is 244 g/mol. The van der Waals surface area contributed by atoms with Gasteiger partial charge in [-0.2, -0.15) is 4.98 Å². The van der Waals surface area contributed by atoms with Crippen LogP contribution in [0.2, 0.25) is 0 Å². The minimum absolute atomic E-state index is 0.643. The Morgan fingerprint density at radius 3 is 2.94 bits per heavy atom. The SMILES string of the molecule is COc1cc2cccnc2c(N2CCNCC2)n1. The third-order valence-electron chi connectivity index (χ3n) is 3.17. The first-order valence-corrected chi connectivity index (χ1v) is 6.14. The van der Waals surface area contributed by atoms with E-state index in [0.29, 0.717) is 5.88 Å². The summed E-state index contributed by atoms with van der Waals surface area (Å²) in [6, 6.07) is 5.90. The van der Waals surface area contributed by atoms with Crippen molar-refractivity contribution in [1.82, 2.24) is 15.3 Å². The quantitative estimate of drug-likeness (QED) is 0.855. The van der Waals surface area contributed by atoms with Crippen molar-refractivity contribution < 1.29 is 4.74 Å². The molecule has 94 valence electrons. The highest BCUT2D eigenvalue weighted by atomic mass is 16.5. The number of nitrogens with zero attached hydrogens (tertiary/aromatic N) is 3. The maximum Gasteiger partial charge on any atom is 0.215 e. The maximum atomic E-state index is 5.27. The highest BCUT2D eigenvalue weighted by Crippen LogP contribution is 2.26. The van der Waals surface area contributed by atoms with Crippen molar-refractivity contribution in [1.29, 1.82) is 0 Å². The lowest BCUT2D eigenvalue weighted by atomic mass is 10.2. The number of anilines is 1. The smallest absolute Gasteiger partial charge is 0.215 e. The Morgan fingerprint density at radius 1 is 1.33 bits per heavy atom. The molecular formula is C13H16N4O. The van der Waals surface area contributed by atoms with E-state index in [1.807, 2.05) is 24.4 Å². The number of aromatic nitrogens is 2. The number of ether oxygens (including phenoxy) is 1. The summed E-state index contributed by atoms with van der Waals surface area (Å²) in [6.45, 7) is 3.86. The van der Waals surface area contributed by atoms with Crippen LogP contribution in [0.15, 0.2) is 24.4 Å². The summed E-state index contributed by atoms with van der Waals surface area (Å²) in [5, 5.41) is 4.41. The highest BCUT2D eigenvalue weighted by Gasteiger charge is 2.16. The zero-order valence-corrected chi connectivity index (χ0v) is 10.4. The van der Waals surface area contributed by atoms with Crippen LogP contribution in [0.25, 0.3) is 10.9 Å². The summed E-state index contributed by atoms with van der Waals surface area (Å²) in [6.07, 6.45) is 1.81. The summed E-state index contributed by atoms with van der Waals surface area (Å²) >= 11 is 0. The molecule has 1 N–H and O–H groups in total. The molecule has 2 aromatic heterocycles. The summed E-state index contributed by atoms with van der Waals surface area (Å²) < 4.78 is 5.27. The molecule has 3 rings (SSSR count). The molecule has 3 heterocycles. The first-order chi connectivity index (χ1) is 8.88. The highest BCUT2D eigenvalue weighted by molar-refractivity contribution is 5.89. The van der Waals surface area contributed by atoms with Gasteiger partial charge in [-0.25, -0.2) is 0 Å². The second-order valence-corrected chi connectivity index (χ2v) is 4.30. The molecule has 0 saturated carbocycles. The summed E-state index contributed by atoms with van der Waals surface area (Å²) in [7, 11) is 1.64. The fourth-order valence-electron chi connectivity index (χ4n) is 2.25. The third-order valence-corrected chi connectivity index (χ3v) is 3.17. The van der Waals surface area contributed by atoms with E-state index in [-0.39, 0.29) is 0 Å². The Balaban J connectivity index is 2.12. The minimum Gasteiger partial charge on any atom is -0.481 e. The fraction of sp³-hybridized carbons (Fsp3) is 0.385. The van der Waals surface area contributed by atoms with Gasteiger partial charge < -0.3 is 15.0 Å². The van der Waals surface area contributed by atoms with Crippen LogP contribution in [0.1, 0.15) is 0 Å². The van der Waals surface area contributed by atoms with E-state index < -0.39 is 0 Å². The minimum atomic E-state index is 0.643. The Morgan fingerprint density at radius 2 is 2.17 bits per heavy atom. The van der Waals surface area contributed by atoms with Crippen molar-refractivity contribution in [3.63, 3.8) is 0 Å². The van der Waals surface area contributed by atoms with Crippen LogP contribution >= 0.6 is 0 Å². The molecule has 0 spiro atoms. The standard InChI is InChI=1S/C13H16N4O/c1-18-11-9-10-3-2-4-15-12(10)13(16-11)17-7-5-14-6-8-17/h2-4,9,14H,5-8H2,1H3. The van der Waals surface area contributed by atoms with Gasteiger partial charge in [-0.05, 0) is 6.07 Å². The second kappa shape index (κ2) is 4.78. The van der Waals surface area contributed by atoms with E-state index in [1.54, 1.807) is 7.11 Å². The van der Waals surface area contributed by atoms with E-state index in [4.69, 9.17) is 4.74 Å². The molecule has 1 fully saturated rings. The van der Waals surface area contributed by atoms with Gasteiger partial charge in [0, 0.05) is 43.8 Å². The first kappa shape index (κ1) is 11.2. The van der Waals surface area contributed by atoms with Crippen LogP contribution in [0.4, 0.5) is 5.82 Å². The van der Waals surface area contributed by atoms with Crippen LogP contribution in [0.3, 0.4) is 0 Å². The molecule has 1 aliphatic rings. The molecule has 1 aliphatic heterocycles. The average molecular weight is 244 g/mol. The van der Waals surface area contributed by atoms with Gasteiger partial charge in [-0.15, -0.1) is 0 Å². The molecule has 0 bridgehead atoms. The number of hydrogen-bond donors (Lipinski definition) is 1. The van der Waals surface area contributed by atoms with Gasteiger partial charge in [0.2, 0.25) is 5.88 Å². The molecule has 0 aliphatic carbocycles. The summed E-state index contributed by atoms with van der Waals surface area (Å²) in [5.74, 6) is 1.57. The maximum absolute atomic E-state index is 5.27. The van der Waals surface area contributed by atoms with Crippen molar-refractivity contribution in [2.45, 2.75) is 0 Å². The first-order valence-electron chi connectivity index (χ1n) is 6.14. The predicted molar refractivity (Wildman–Crippen MR) is 71.2 cm³/mol. The van der Waals surface area contributed by atoms with Crippen LogP contribution in [0, 0.1) is 0 Å². The van der Waals surface area contributed by atoms with Crippen LogP contribution < -0.4 is 15.0 Å². The van der Waals surface area contributed by atoms with E-state index in [2.05, 4.69) is 20.2 Å².